The molecular formula is C31H45N5O4. The van der Waals surface area contributed by atoms with Gasteiger partial charge in [0.05, 0.1) is 6.04 Å². The molecule has 2 aliphatic carbocycles. The first-order valence-corrected chi connectivity index (χ1v) is 15.3. The van der Waals surface area contributed by atoms with E-state index >= 15 is 0 Å². The van der Waals surface area contributed by atoms with Gasteiger partial charge in [-0.05, 0) is 64.1 Å². The molecule has 3 fully saturated rings. The van der Waals surface area contributed by atoms with Gasteiger partial charge in [-0.1, -0.05) is 43.5 Å². The number of rotatable bonds is 8. The molecule has 2 saturated heterocycles. The maximum absolute atomic E-state index is 14.3. The summed E-state index contributed by atoms with van der Waals surface area (Å²) in [5.41, 5.74) is 1.75. The van der Waals surface area contributed by atoms with Crippen LogP contribution in [0.3, 0.4) is 0 Å². The average Bonchev–Trinajstić information content (AvgIpc) is 3.46. The number of amides is 3. The molecule has 5 unspecified atom stereocenters. The standard InChI is InChI=1S/C31H45N5O4/c1-20(32-2)29(38)34-28(21-9-4-3-5-10-21)31(40)36-18-23-11-8-16-35(23)19-26(36)30(39)33-17-22-14-15-27(37)25-13-7-6-12-24(22)25/h6-7,12-13,20-23,26,28,32H,3-5,8-11,14-19H2,1-2H3,(H,33,39)(H,34,38). The van der Waals surface area contributed by atoms with E-state index in [1.807, 2.05) is 24.3 Å². The number of nitrogens with one attached hydrogen (secondary N) is 3. The molecule has 1 saturated carbocycles. The third-order valence-electron chi connectivity index (χ3n) is 9.73. The SMILES string of the molecule is CNC(C)C(=O)NC(C(=O)N1CC2CCCN2CC1C(=O)NCC1CCC(=O)c2ccccc21)C1CCCCC1. The normalized spacial score (nSPS) is 26.9. The molecule has 9 nitrogen and oxygen atoms in total. The molecule has 3 amide bonds. The van der Waals surface area contributed by atoms with Gasteiger partial charge in [-0.2, -0.15) is 0 Å². The summed E-state index contributed by atoms with van der Waals surface area (Å²) >= 11 is 0. The average molecular weight is 552 g/mol. The van der Waals surface area contributed by atoms with E-state index in [0.717, 1.165) is 62.6 Å². The van der Waals surface area contributed by atoms with Gasteiger partial charge >= 0.3 is 0 Å². The molecule has 9 heteroatoms. The summed E-state index contributed by atoms with van der Waals surface area (Å²) < 4.78 is 0. The van der Waals surface area contributed by atoms with Crippen LogP contribution in [-0.2, 0) is 14.4 Å². The van der Waals surface area contributed by atoms with Crippen molar-refractivity contribution in [3.8, 4) is 0 Å². The van der Waals surface area contributed by atoms with E-state index in [9.17, 15) is 19.2 Å². The smallest absolute Gasteiger partial charge is 0.246 e. The minimum atomic E-state index is -0.622. The highest BCUT2D eigenvalue weighted by Crippen LogP contribution is 2.32. The van der Waals surface area contributed by atoms with Crippen LogP contribution in [0.25, 0.3) is 0 Å². The minimum Gasteiger partial charge on any atom is -0.354 e. The van der Waals surface area contributed by atoms with E-state index in [1.165, 1.54) is 0 Å². The lowest BCUT2D eigenvalue weighted by molar-refractivity contribution is -0.149. The van der Waals surface area contributed by atoms with E-state index in [-0.39, 0.29) is 41.4 Å². The molecule has 1 aromatic carbocycles. The van der Waals surface area contributed by atoms with Crippen molar-refractivity contribution in [2.24, 2.45) is 5.92 Å². The number of fused-ring (bicyclic) bond motifs is 2. The molecule has 0 radical (unpaired) electrons. The third-order valence-corrected chi connectivity index (χ3v) is 9.73. The molecule has 0 aromatic heterocycles. The van der Waals surface area contributed by atoms with Crippen molar-refractivity contribution in [2.75, 3.05) is 33.2 Å². The summed E-state index contributed by atoms with van der Waals surface area (Å²) in [6.07, 6.45) is 8.34. The first-order valence-electron chi connectivity index (χ1n) is 15.3. The van der Waals surface area contributed by atoms with E-state index < -0.39 is 18.1 Å². The van der Waals surface area contributed by atoms with Crippen molar-refractivity contribution in [1.82, 2.24) is 25.8 Å². The van der Waals surface area contributed by atoms with E-state index in [4.69, 9.17) is 0 Å². The molecule has 40 heavy (non-hydrogen) atoms. The van der Waals surface area contributed by atoms with Gasteiger partial charge in [0.1, 0.15) is 12.1 Å². The quantitative estimate of drug-likeness (QED) is 0.457. The molecular weight excluding hydrogens is 506 g/mol. The number of likely N-dealkylation sites (N-methyl/N-ethyl adjacent to an activating group) is 1. The van der Waals surface area contributed by atoms with E-state index in [2.05, 4.69) is 20.9 Å². The number of hydrogen-bond donors (Lipinski definition) is 3. The molecule has 4 aliphatic rings. The second-order valence-electron chi connectivity index (χ2n) is 12.2. The fourth-order valence-electron chi connectivity index (χ4n) is 7.18. The van der Waals surface area contributed by atoms with Crippen molar-refractivity contribution >= 4 is 23.5 Å². The van der Waals surface area contributed by atoms with Gasteiger partial charge < -0.3 is 20.9 Å². The lowest BCUT2D eigenvalue weighted by Gasteiger charge is -2.45. The fraction of sp³-hybridized carbons (Fsp3) is 0.677. The van der Waals surface area contributed by atoms with Crippen molar-refractivity contribution < 1.29 is 19.2 Å². The number of carbonyl (C=O) groups excluding carboxylic acids is 4. The Morgan fingerprint density at radius 2 is 1.77 bits per heavy atom. The van der Waals surface area contributed by atoms with Crippen molar-refractivity contribution in [1.29, 1.82) is 0 Å². The van der Waals surface area contributed by atoms with Gasteiger partial charge in [0.15, 0.2) is 5.78 Å². The molecule has 2 heterocycles. The van der Waals surface area contributed by atoms with Crippen LogP contribution in [0.5, 0.6) is 0 Å². The van der Waals surface area contributed by atoms with Crippen molar-refractivity contribution in [2.45, 2.75) is 94.8 Å². The number of hydrogen-bond acceptors (Lipinski definition) is 6. The maximum Gasteiger partial charge on any atom is 0.246 e. The topological polar surface area (TPSA) is 111 Å². The summed E-state index contributed by atoms with van der Waals surface area (Å²) in [7, 11) is 1.74. The van der Waals surface area contributed by atoms with Crippen LogP contribution in [0, 0.1) is 5.92 Å². The third kappa shape index (κ3) is 6.10. The zero-order chi connectivity index (χ0) is 28.2. The summed E-state index contributed by atoms with van der Waals surface area (Å²) in [5, 5.41) is 9.22. The molecule has 5 atom stereocenters. The van der Waals surface area contributed by atoms with E-state index in [1.54, 1.807) is 18.9 Å². The number of ketones is 1. The van der Waals surface area contributed by atoms with Gasteiger partial charge in [0.2, 0.25) is 17.7 Å². The van der Waals surface area contributed by atoms with Crippen molar-refractivity contribution in [3.63, 3.8) is 0 Å². The van der Waals surface area contributed by atoms with Crippen LogP contribution in [0.4, 0.5) is 0 Å². The number of nitrogens with zero attached hydrogens (tertiary/aromatic N) is 2. The zero-order valence-corrected chi connectivity index (χ0v) is 24.0. The molecule has 218 valence electrons. The molecule has 1 aromatic rings. The predicted molar refractivity (Wildman–Crippen MR) is 153 cm³/mol. The fourth-order valence-corrected chi connectivity index (χ4v) is 7.18. The first kappa shape index (κ1) is 28.7. The monoisotopic (exact) mass is 551 g/mol. The lowest BCUT2D eigenvalue weighted by Crippen LogP contribution is -2.66. The molecule has 2 aliphatic heterocycles. The Labute approximate surface area is 237 Å². The zero-order valence-electron chi connectivity index (χ0n) is 24.0. The van der Waals surface area contributed by atoms with Gasteiger partial charge in [-0.25, -0.2) is 0 Å². The summed E-state index contributed by atoms with van der Waals surface area (Å²) in [4.78, 5) is 57.6. The molecule has 0 bridgehead atoms. The highest BCUT2D eigenvalue weighted by molar-refractivity contribution is 5.99. The number of piperazine rings is 1. The predicted octanol–water partition coefficient (Wildman–Crippen LogP) is 2.21. The highest BCUT2D eigenvalue weighted by Gasteiger charge is 2.45. The Balaban J connectivity index is 1.34. The Morgan fingerprint density at radius 1 is 1.00 bits per heavy atom. The molecule has 5 rings (SSSR count). The Morgan fingerprint density at radius 3 is 2.55 bits per heavy atom. The number of Topliss-reactive ketones (excluding diaryl/α,β-unsaturated/α-hetero) is 1. The van der Waals surface area contributed by atoms with Crippen LogP contribution in [0.1, 0.15) is 86.6 Å². The van der Waals surface area contributed by atoms with Gasteiger partial charge in [-0.3, -0.25) is 24.1 Å². The lowest BCUT2D eigenvalue weighted by atomic mass is 9.82. The number of carbonyl (C=O) groups is 4. The van der Waals surface area contributed by atoms with Crippen LogP contribution in [-0.4, -0.2) is 90.7 Å². The molecule has 3 N–H and O–H groups in total. The van der Waals surface area contributed by atoms with Crippen LogP contribution in [0.2, 0.25) is 0 Å². The largest absolute Gasteiger partial charge is 0.354 e. The summed E-state index contributed by atoms with van der Waals surface area (Å²) in [6, 6.07) is 6.30. The van der Waals surface area contributed by atoms with E-state index in [0.29, 0.717) is 32.5 Å². The Bertz CT molecular complexity index is 1100. The second-order valence-corrected chi connectivity index (χ2v) is 12.2. The van der Waals surface area contributed by atoms with Crippen LogP contribution in [0.15, 0.2) is 24.3 Å². The number of benzene rings is 1. The highest BCUT2D eigenvalue weighted by atomic mass is 16.2. The maximum atomic E-state index is 14.3. The summed E-state index contributed by atoms with van der Waals surface area (Å²) in [6.45, 7) is 4.20. The Hall–Kier alpha value is -2.78. The second kappa shape index (κ2) is 12.8. The van der Waals surface area contributed by atoms with Gasteiger partial charge in [-0.15, -0.1) is 0 Å². The van der Waals surface area contributed by atoms with Crippen LogP contribution >= 0.6 is 0 Å². The molecule has 0 spiro atoms. The van der Waals surface area contributed by atoms with Gasteiger partial charge in [0, 0.05) is 43.6 Å². The minimum absolute atomic E-state index is 0.0717. The summed E-state index contributed by atoms with van der Waals surface area (Å²) in [5.74, 6) is -0.143. The van der Waals surface area contributed by atoms with Crippen molar-refractivity contribution in [3.05, 3.63) is 35.4 Å². The Kier molecular flexibility index (Phi) is 9.20. The van der Waals surface area contributed by atoms with Crippen LogP contribution < -0.4 is 16.0 Å². The first-order chi connectivity index (χ1) is 19.4. The van der Waals surface area contributed by atoms with Gasteiger partial charge in [0.25, 0.3) is 0 Å².